The first-order valence-electron chi connectivity index (χ1n) is 12.4. The van der Waals surface area contributed by atoms with Gasteiger partial charge in [0.05, 0.1) is 0 Å². The highest BCUT2D eigenvalue weighted by molar-refractivity contribution is 5.80. The largest absolute Gasteiger partial charge is 0.205 e. The number of aromatic nitrogens is 4. The van der Waals surface area contributed by atoms with Gasteiger partial charge in [0.25, 0.3) is 0 Å². The lowest BCUT2D eigenvalue weighted by atomic mass is 9.77. The Bertz CT molecular complexity index is 1510. The van der Waals surface area contributed by atoms with Crippen molar-refractivity contribution in [1.29, 1.82) is 0 Å². The maximum absolute atomic E-state index is 5.10. The molecule has 0 fully saturated rings. The summed E-state index contributed by atoms with van der Waals surface area (Å²) in [5, 5.41) is 14.5. The van der Waals surface area contributed by atoms with Crippen LogP contribution in [0.25, 0.3) is 22.5 Å². The van der Waals surface area contributed by atoms with Gasteiger partial charge in [0, 0.05) is 5.56 Å². The van der Waals surface area contributed by atoms with Crippen LogP contribution in [0.1, 0.15) is 22.3 Å². The van der Waals surface area contributed by atoms with Crippen LogP contribution in [0.3, 0.4) is 0 Å². The van der Waals surface area contributed by atoms with Crippen LogP contribution in [0, 0.1) is 6.92 Å². The molecule has 0 saturated carbocycles. The molecule has 4 heteroatoms. The average molecular weight is 479 g/mol. The van der Waals surface area contributed by atoms with E-state index in [1.807, 2.05) is 24.3 Å². The maximum atomic E-state index is 5.10. The predicted molar refractivity (Wildman–Crippen MR) is 148 cm³/mol. The number of nitrogens with zero attached hydrogens (tertiary/aromatic N) is 4. The summed E-state index contributed by atoms with van der Waals surface area (Å²) in [4.78, 5) is 1.78. The molecule has 0 saturated heterocycles. The summed E-state index contributed by atoms with van der Waals surface area (Å²) in [6.07, 6.45) is 0. The fraction of sp³-hybridized carbons (Fsp3) is 0.0606. The molecule has 0 bridgehead atoms. The van der Waals surface area contributed by atoms with Crippen molar-refractivity contribution in [3.63, 3.8) is 0 Å². The van der Waals surface area contributed by atoms with Gasteiger partial charge in [0.2, 0.25) is 5.82 Å². The molecule has 0 radical (unpaired) electrons. The summed E-state index contributed by atoms with van der Waals surface area (Å²) in [5.74, 6) is 0.592. The molecule has 0 aliphatic heterocycles. The Morgan fingerprint density at radius 1 is 0.541 bits per heavy atom. The molecule has 4 nitrogen and oxygen atoms in total. The number of tetrazole rings is 1. The minimum Gasteiger partial charge on any atom is -0.144 e. The van der Waals surface area contributed by atoms with Gasteiger partial charge in [0.1, 0.15) is 0 Å². The zero-order valence-electron chi connectivity index (χ0n) is 20.6. The number of hydrogen-bond acceptors (Lipinski definition) is 3. The average Bonchev–Trinajstić information content (AvgIpc) is 3.46. The van der Waals surface area contributed by atoms with Gasteiger partial charge in [-0.25, -0.2) is 0 Å². The SMILES string of the molecule is Cc1ccc(-c2ccccc2)c(-c2nnn(C(c3ccccc3)(c3ccccc3)c3ccccc3)n2)c1. The Hall–Kier alpha value is -4.83. The third kappa shape index (κ3) is 4.03. The Labute approximate surface area is 216 Å². The van der Waals surface area contributed by atoms with Gasteiger partial charge in [-0.3, -0.25) is 0 Å². The van der Waals surface area contributed by atoms with Crippen molar-refractivity contribution in [2.45, 2.75) is 12.5 Å². The smallest absolute Gasteiger partial charge is 0.144 e. The molecular weight excluding hydrogens is 452 g/mol. The summed E-state index contributed by atoms with van der Waals surface area (Å²) in [5.41, 5.74) is 6.68. The van der Waals surface area contributed by atoms with E-state index in [4.69, 9.17) is 10.3 Å². The van der Waals surface area contributed by atoms with Crippen LogP contribution < -0.4 is 0 Å². The summed E-state index contributed by atoms with van der Waals surface area (Å²) >= 11 is 0. The summed E-state index contributed by atoms with van der Waals surface area (Å²) in [6, 6.07) is 48.0. The summed E-state index contributed by atoms with van der Waals surface area (Å²) < 4.78 is 0. The molecule has 0 amide bonds. The highest BCUT2D eigenvalue weighted by Gasteiger charge is 2.41. The van der Waals surface area contributed by atoms with Crippen molar-refractivity contribution >= 4 is 0 Å². The van der Waals surface area contributed by atoms with Crippen LogP contribution in [0.5, 0.6) is 0 Å². The van der Waals surface area contributed by atoms with Crippen molar-refractivity contribution in [3.05, 3.63) is 162 Å². The van der Waals surface area contributed by atoms with Crippen molar-refractivity contribution in [2.24, 2.45) is 0 Å². The Morgan fingerprint density at radius 2 is 1.03 bits per heavy atom. The first-order valence-corrected chi connectivity index (χ1v) is 12.4. The van der Waals surface area contributed by atoms with Gasteiger partial charge < -0.3 is 0 Å². The molecule has 0 aliphatic carbocycles. The van der Waals surface area contributed by atoms with Crippen LogP contribution >= 0.6 is 0 Å². The predicted octanol–water partition coefficient (Wildman–Crippen LogP) is 7.16. The normalized spacial score (nSPS) is 11.4. The highest BCUT2D eigenvalue weighted by Crippen LogP contribution is 2.40. The second kappa shape index (κ2) is 9.67. The minimum absolute atomic E-state index is 0.592. The summed E-state index contributed by atoms with van der Waals surface area (Å²) in [7, 11) is 0. The third-order valence-corrected chi connectivity index (χ3v) is 6.79. The molecule has 37 heavy (non-hydrogen) atoms. The van der Waals surface area contributed by atoms with Crippen LogP contribution in [0.2, 0.25) is 0 Å². The van der Waals surface area contributed by atoms with Crippen molar-refractivity contribution in [1.82, 2.24) is 20.2 Å². The second-order valence-electron chi connectivity index (χ2n) is 9.13. The molecule has 1 heterocycles. The molecule has 178 valence electrons. The highest BCUT2D eigenvalue weighted by atomic mass is 15.6. The van der Waals surface area contributed by atoms with E-state index in [2.05, 4.69) is 127 Å². The number of hydrogen-bond donors (Lipinski definition) is 0. The van der Waals surface area contributed by atoms with Crippen molar-refractivity contribution in [3.8, 4) is 22.5 Å². The van der Waals surface area contributed by atoms with Gasteiger partial charge in [-0.05, 0) is 46.0 Å². The van der Waals surface area contributed by atoms with Crippen LogP contribution in [-0.2, 0) is 5.54 Å². The molecule has 0 spiro atoms. The fourth-order valence-electron chi connectivity index (χ4n) is 5.06. The van der Waals surface area contributed by atoms with E-state index in [1.165, 1.54) is 0 Å². The second-order valence-corrected chi connectivity index (χ2v) is 9.13. The standard InChI is InChI=1S/C33H26N4/c1-25-22-23-30(26-14-6-2-7-15-26)31(24-25)32-34-36-37(35-32)33(27-16-8-3-9-17-27,28-18-10-4-11-19-28)29-20-12-5-13-21-29/h2-24H,1H3. The van der Waals surface area contributed by atoms with E-state index < -0.39 is 5.54 Å². The molecule has 1 aromatic heterocycles. The quantitative estimate of drug-likeness (QED) is 0.239. The topological polar surface area (TPSA) is 43.6 Å². The van der Waals surface area contributed by atoms with Crippen molar-refractivity contribution < 1.29 is 0 Å². The minimum atomic E-state index is -0.800. The van der Waals surface area contributed by atoms with E-state index in [1.54, 1.807) is 4.80 Å². The fourth-order valence-corrected chi connectivity index (χ4v) is 5.06. The van der Waals surface area contributed by atoms with Gasteiger partial charge in [0.15, 0.2) is 5.54 Å². The molecular formula is C33H26N4. The number of aryl methyl sites for hydroxylation is 1. The molecule has 0 aliphatic rings. The van der Waals surface area contributed by atoms with Gasteiger partial charge in [-0.15, -0.1) is 15.0 Å². The Morgan fingerprint density at radius 3 is 1.54 bits per heavy atom. The van der Waals surface area contributed by atoms with Crippen molar-refractivity contribution in [2.75, 3.05) is 0 Å². The first-order chi connectivity index (χ1) is 18.3. The van der Waals surface area contributed by atoms with E-state index in [0.29, 0.717) is 5.82 Å². The number of rotatable bonds is 6. The monoisotopic (exact) mass is 478 g/mol. The van der Waals surface area contributed by atoms with Crippen LogP contribution in [0.15, 0.2) is 140 Å². The lowest BCUT2D eigenvalue weighted by Gasteiger charge is -2.34. The Kier molecular flexibility index (Phi) is 5.91. The number of benzene rings is 5. The Balaban J connectivity index is 1.62. The molecule has 0 unspecified atom stereocenters. The third-order valence-electron chi connectivity index (χ3n) is 6.79. The zero-order chi connectivity index (χ0) is 25.1. The summed E-state index contributed by atoms with van der Waals surface area (Å²) in [6.45, 7) is 2.09. The van der Waals surface area contributed by atoms with Gasteiger partial charge in [-0.2, -0.15) is 0 Å². The van der Waals surface area contributed by atoms with E-state index in [0.717, 1.165) is 38.9 Å². The maximum Gasteiger partial charge on any atom is 0.205 e. The van der Waals surface area contributed by atoms with Crippen LogP contribution in [0.4, 0.5) is 0 Å². The molecule has 5 aromatic carbocycles. The van der Waals surface area contributed by atoms with Gasteiger partial charge >= 0.3 is 0 Å². The molecule has 6 aromatic rings. The molecule has 0 atom stereocenters. The van der Waals surface area contributed by atoms with E-state index in [9.17, 15) is 0 Å². The van der Waals surface area contributed by atoms with E-state index in [-0.39, 0.29) is 0 Å². The van der Waals surface area contributed by atoms with E-state index >= 15 is 0 Å². The first kappa shape index (κ1) is 22.6. The van der Waals surface area contributed by atoms with Crippen LogP contribution in [-0.4, -0.2) is 20.2 Å². The zero-order valence-corrected chi connectivity index (χ0v) is 20.6. The lowest BCUT2D eigenvalue weighted by Crippen LogP contribution is -2.39. The molecule has 6 rings (SSSR count). The lowest BCUT2D eigenvalue weighted by molar-refractivity contribution is 0.396. The molecule has 0 N–H and O–H groups in total. The van der Waals surface area contributed by atoms with Gasteiger partial charge in [-0.1, -0.05) is 139 Å².